The van der Waals surface area contributed by atoms with E-state index >= 15 is 0 Å². The van der Waals surface area contributed by atoms with Crippen molar-refractivity contribution < 1.29 is 14.0 Å². The zero-order chi connectivity index (χ0) is 21.3. The van der Waals surface area contributed by atoms with Crippen molar-refractivity contribution in [1.82, 2.24) is 20.4 Å². The first-order valence-corrected chi connectivity index (χ1v) is 10.3. The van der Waals surface area contributed by atoms with Crippen LogP contribution >= 0.6 is 0 Å². The van der Waals surface area contributed by atoms with Crippen LogP contribution in [0, 0.1) is 12.7 Å². The van der Waals surface area contributed by atoms with E-state index in [1.807, 2.05) is 6.07 Å². The molecule has 2 aromatic rings. The van der Waals surface area contributed by atoms with Crippen LogP contribution < -0.4 is 10.6 Å². The van der Waals surface area contributed by atoms with Gasteiger partial charge in [0.25, 0.3) is 5.91 Å². The predicted molar refractivity (Wildman–Crippen MR) is 115 cm³/mol. The van der Waals surface area contributed by atoms with Crippen LogP contribution in [0.3, 0.4) is 0 Å². The van der Waals surface area contributed by atoms with Crippen molar-refractivity contribution in [2.24, 2.45) is 0 Å². The van der Waals surface area contributed by atoms with Crippen molar-refractivity contribution in [3.63, 3.8) is 0 Å². The molecule has 0 atom stereocenters. The topological polar surface area (TPSA) is 64.7 Å². The summed E-state index contributed by atoms with van der Waals surface area (Å²) in [4.78, 5) is 28.7. The average Bonchev–Trinajstić information content (AvgIpc) is 2.75. The highest BCUT2D eigenvalue weighted by Crippen LogP contribution is 2.09. The number of halogens is 1. The van der Waals surface area contributed by atoms with Gasteiger partial charge >= 0.3 is 0 Å². The summed E-state index contributed by atoms with van der Waals surface area (Å²) in [5, 5.41) is 5.52. The summed E-state index contributed by atoms with van der Waals surface area (Å²) in [5.41, 5.74) is 2.08. The van der Waals surface area contributed by atoms with Gasteiger partial charge in [0, 0.05) is 51.4 Å². The number of hydrogen-bond acceptors (Lipinski definition) is 4. The molecule has 0 radical (unpaired) electrons. The lowest BCUT2D eigenvalue weighted by atomic mass is 10.1. The number of carbonyl (C=O) groups is 2. The zero-order valence-electron chi connectivity index (χ0n) is 17.4. The van der Waals surface area contributed by atoms with Crippen molar-refractivity contribution in [3.05, 3.63) is 71.0 Å². The molecule has 1 fully saturated rings. The molecule has 1 saturated heterocycles. The Balaban J connectivity index is 1.30. The second-order valence-electron chi connectivity index (χ2n) is 7.61. The maximum absolute atomic E-state index is 13.5. The first-order valence-electron chi connectivity index (χ1n) is 10.3. The van der Waals surface area contributed by atoms with Crippen LogP contribution in [-0.2, 0) is 11.3 Å². The second-order valence-corrected chi connectivity index (χ2v) is 7.61. The minimum Gasteiger partial charge on any atom is -0.353 e. The highest BCUT2D eigenvalue weighted by Gasteiger charge is 2.18. The van der Waals surface area contributed by atoms with Crippen LogP contribution in [0.5, 0.6) is 0 Å². The molecule has 1 heterocycles. The number of benzene rings is 2. The Bertz CT molecular complexity index is 852. The Morgan fingerprint density at radius 1 is 0.933 bits per heavy atom. The predicted octanol–water partition coefficient (Wildman–Crippen LogP) is 1.80. The van der Waals surface area contributed by atoms with E-state index in [2.05, 4.69) is 44.7 Å². The quantitative estimate of drug-likeness (QED) is 0.649. The van der Waals surface area contributed by atoms with Crippen molar-refractivity contribution in [2.45, 2.75) is 13.5 Å². The van der Waals surface area contributed by atoms with E-state index in [1.165, 1.54) is 11.6 Å². The van der Waals surface area contributed by atoms with Gasteiger partial charge < -0.3 is 10.6 Å². The van der Waals surface area contributed by atoms with Crippen LogP contribution in [0.15, 0.2) is 48.5 Å². The van der Waals surface area contributed by atoms with E-state index in [0.717, 1.165) is 32.7 Å². The summed E-state index contributed by atoms with van der Waals surface area (Å²) in [5.74, 6) is -0.806. The molecule has 7 heteroatoms. The van der Waals surface area contributed by atoms with Crippen molar-refractivity contribution >= 4 is 11.8 Å². The van der Waals surface area contributed by atoms with E-state index < -0.39 is 5.82 Å². The van der Waals surface area contributed by atoms with Gasteiger partial charge in [-0.25, -0.2) is 4.39 Å². The molecule has 2 aromatic carbocycles. The number of piperazine rings is 1. The van der Waals surface area contributed by atoms with E-state index in [9.17, 15) is 14.0 Å². The molecule has 0 aliphatic carbocycles. The van der Waals surface area contributed by atoms with Crippen LogP contribution in [0.25, 0.3) is 0 Å². The molecule has 160 valence electrons. The molecule has 0 bridgehead atoms. The molecular weight excluding hydrogens is 383 g/mol. The summed E-state index contributed by atoms with van der Waals surface area (Å²) >= 11 is 0. The van der Waals surface area contributed by atoms with E-state index in [-0.39, 0.29) is 17.4 Å². The van der Waals surface area contributed by atoms with Gasteiger partial charge in [0.2, 0.25) is 5.91 Å². The summed E-state index contributed by atoms with van der Waals surface area (Å²) < 4.78 is 13.5. The summed E-state index contributed by atoms with van der Waals surface area (Å²) in [6.07, 6.45) is 0. The largest absolute Gasteiger partial charge is 0.353 e. The third-order valence-electron chi connectivity index (χ3n) is 5.25. The Morgan fingerprint density at radius 3 is 2.30 bits per heavy atom. The summed E-state index contributed by atoms with van der Waals surface area (Å²) in [6.45, 7) is 7.16. The molecule has 1 aliphatic heterocycles. The monoisotopic (exact) mass is 412 g/mol. The number of nitrogens with one attached hydrogen (secondary N) is 2. The molecule has 2 amide bonds. The highest BCUT2D eigenvalue weighted by molar-refractivity contribution is 5.94. The summed E-state index contributed by atoms with van der Waals surface area (Å²) in [6, 6.07) is 14.8. The molecule has 0 aromatic heterocycles. The molecule has 30 heavy (non-hydrogen) atoms. The minimum absolute atomic E-state index is 0.0536. The summed E-state index contributed by atoms with van der Waals surface area (Å²) in [7, 11) is 0. The number of hydrogen-bond donors (Lipinski definition) is 2. The van der Waals surface area contributed by atoms with Gasteiger partial charge in [-0.2, -0.15) is 0 Å². The molecule has 0 unspecified atom stereocenters. The Kier molecular flexibility index (Phi) is 7.93. The van der Waals surface area contributed by atoms with Crippen LogP contribution in [-0.4, -0.2) is 67.4 Å². The van der Waals surface area contributed by atoms with E-state index in [1.54, 1.807) is 19.1 Å². The van der Waals surface area contributed by atoms with Crippen LogP contribution in [0.4, 0.5) is 4.39 Å². The third kappa shape index (κ3) is 6.64. The first-order chi connectivity index (χ1) is 14.5. The van der Waals surface area contributed by atoms with Crippen LogP contribution in [0.2, 0.25) is 0 Å². The number of carbonyl (C=O) groups excluding carboxylic acids is 2. The third-order valence-corrected chi connectivity index (χ3v) is 5.25. The molecule has 3 rings (SSSR count). The molecular formula is C23H29FN4O2. The minimum atomic E-state index is -0.403. The van der Waals surface area contributed by atoms with Gasteiger partial charge in [0.15, 0.2) is 0 Å². The smallest absolute Gasteiger partial charge is 0.251 e. The molecule has 6 nitrogen and oxygen atoms in total. The zero-order valence-corrected chi connectivity index (χ0v) is 17.4. The SMILES string of the molecule is Cc1ccc(C(=O)NCCNC(=O)CN2CCN(Cc3ccccc3)CC2)cc1F. The van der Waals surface area contributed by atoms with E-state index in [0.29, 0.717) is 25.2 Å². The maximum Gasteiger partial charge on any atom is 0.251 e. The number of rotatable bonds is 8. The average molecular weight is 413 g/mol. The molecule has 0 saturated carbocycles. The normalized spacial score (nSPS) is 15.0. The lowest BCUT2D eigenvalue weighted by molar-refractivity contribution is -0.122. The van der Waals surface area contributed by atoms with Gasteiger partial charge in [-0.15, -0.1) is 0 Å². The number of nitrogens with zero attached hydrogens (tertiary/aromatic N) is 2. The molecule has 0 spiro atoms. The number of aryl methyl sites for hydroxylation is 1. The van der Waals surface area contributed by atoms with Gasteiger partial charge in [-0.05, 0) is 30.2 Å². The van der Waals surface area contributed by atoms with Crippen molar-refractivity contribution in [2.75, 3.05) is 45.8 Å². The molecule has 1 aliphatic rings. The van der Waals surface area contributed by atoms with Gasteiger partial charge in [0.05, 0.1) is 6.54 Å². The van der Waals surface area contributed by atoms with E-state index in [4.69, 9.17) is 0 Å². The van der Waals surface area contributed by atoms with Crippen LogP contribution in [0.1, 0.15) is 21.5 Å². The van der Waals surface area contributed by atoms with Gasteiger partial charge in [-0.3, -0.25) is 19.4 Å². The molecule has 2 N–H and O–H groups in total. The second kappa shape index (κ2) is 10.8. The maximum atomic E-state index is 13.5. The fourth-order valence-corrected chi connectivity index (χ4v) is 3.42. The Hall–Kier alpha value is -2.77. The first kappa shape index (κ1) is 21.9. The fourth-order valence-electron chi connectivity index (χ4n) is 3.42. The van der Waals surface area contributed by atoms with Crippen molar-refractivity contribution in [1.29, 1.82) is 0 Å². The highest BCUT2D eigenvalue weighted by atomic mass is 19.1. The number of amides is 2. The standard InChI is InChI=1S/C23H29FN4O2/c1-18-7-8-20(15-21(18)24)23(30)26-10-9-25-22(29)17-28-13-11-27(12-14-28)16-19-5-3-2-4-6-19/h2-8,15H,9-14,16-17H2,1H3,(H,25,29)(H,26,30). The van der Waals surface area contributed by atoms with Gasteiger partial charge in [-0.1, -0.05) is 36.4 Å². The van der Waals surface area contributed by atoms with Gasteiger partial charge in [0.1, 0.15) is 5.82 Å². The Morgan fingerprint density at radius 2 is 1.60 bits per heavy atom. The van der Waals surface area contributed by atoms with Crippen molar-refractivity contribution in [3.8, 4) is 0 Å². The lowest BCUT2D eigenvalue weighted by Gasteiger charge is -2.34. The Labute approximate surface area is 177 Å². The fraction of sp³-hybridized carbons (Fsp3) is 0.391. The lowest BCUT2D eigenvalue weighted by Crippen LogP contribution is -2.49.